The zero-order chi connectivity index (χ0) is 24.5. The van der Waals surface area contributed by atoms with Crippen LogP contribution in [-0.4, -0.2) is 58.2 Å². The molecule has 0 unspecified atom stereocenters. The second kappa shape index (κ2) is 12.3. The predicted molar refractivity (Wildman–Crippen MR) is 141 cm³/mol. The summed E-state index contributed by atoms with van der Waals surface area (Å²) in [5.41, 5.74) is 7.24. The van der Waals surface area contributed by atoms with Gasteiger partial charge in [0.15, 0.2) is 0 Å². The SMILES string of the molecule is CN(NC(=O)NC1CCC(NC(=O)NN(C)C(=S)c2ccccc2)CC1)C(=S)c1ccccc1. The molecule has 2 aromatic carbocycles. The van der Waals surface area contributed by atoms with E-state index in [1.165, 1.54) is 10.0 Å². The predicted octanol–water partition coefficient (Wildman–Crippen LogP) is 3.34. The van der Waals surface area contributed by atoms with Gasteiger partial charge in [-0.3, -0.25) is 10.0 Å². The van der Waals surface area contributed by atoms with Crippen molar-refractivity contribution in [3.63, 3.8) is 0 Å². The van der Waals surface area contributed by atoms with Crippen LogP contribution in [0.1, 0.15) is 36.8 Å². The Hall–Kier alpha value is -3.24. The molecule has 0 saturated heterocycles. The van der Waals surface area contributed by atoms with Crippen LogP contribution in [-0.2, 0) is 0 Å². The van der Waals surface area contributed by atoms with Crippen molar-refractivity contribution in [2.45, 2.75) is 37.8 Å². The summed E-state index contributed by atoms with van der Waals surface area (Å²) in [6.07, 6.45) is 3.07. The van der Waals surface area contributed by atoms with Crippen LogP contribution >= 0.6 is 24.4 Å². The van der Waals surface area contributed by atoms with Crippen molar-refractivity contribution < 1.29 is 9.59 Å². The summed E-state index contributed by atoms with van der Waals surface area (Å²) in [5, 5.41) is 9.05. The van der Waals surface area contributed by atoms with Gasteiger partial charge < -0.3 is 10.6 Å². The van der Waals surface area contributed by atoms with E-state index in [9.17, 15) is 9.59 Å². The van der Waals surface area contributed by atoms with Gasteiger partial charge in [-0.25, -0.2) is 20.4 Å². The van der Waals surface area contributed by atoms with Gasteiger partial charge in [0.25, 0.3) is 0 Å². The lowest BCUT2D eigenvalue weighted by Crippen LogP contribution is -2.53. The molecule has 1 aliphatic carbocycles. The number of urea groups is 2. The third-order valence-corrected chi connectivity index (χ3v) is 6.61. The van der Waals surface area contributed by atoms with Crippen LogP contribution < -0.4 is 21.5 Å². The number of hydrazine groups is 2. The van der Waals surface area contributed by atoms with Gasteiger partial charge in [-0.2, -0.15) is 0 Å². The van der Waals surface area contributed by atoms with Crippen LogP contribution in [0.5, 0.6) is 0 Å². The lowest BCUT2D eigenvalue weighted by molar-refractivity contribution is 0.206. The average Bonchev–Trinajstić information content (AvgIpc) is 2.85. The summed E-state index contributed by atoms with van der Waals surface area (Å²) in [4.78, 5) is 25.9. The van der Waals surface area contributed by atoms with E-state index in [0.717, 1.165) is 36.8 Å². The highest BCUT2D eigenvalue weighted by atomic mass is 32.1. The Kier molecular flexibility index (Phi) is 9.17. The number of carbonyl (C=O) groups excluding carboxylic acids is 2. The van der Waals surface area contributed by atoms with E-state index >= 15 is 0 Å². The summed E-state index contributed by atoms with van der Waals surface area (Å²) >= 11 is 10.8. The number of nitrogens with zero attached hydrogens (tertiary/aromatic N) is 2. The smallest absolute Gasteiger partial charge is 0.333 e. The van der Waals surface area contributed by atoms with Gasteiger partial charge in [0.1, 0.15) is 9.98 Å². The van der Waals surface area contributed by atoms with Crippen LogP contribution in [0.15, 0.2) is 60.7 Å². The fraction of sp³-hybridized carbons (Fsp3) is 0.333. The Morgan fingerprint density at radius 3 is 1.32 bits per heavy atom. The maximum absolute atomic E-state index is 12.4. The molecule has 180 valence electrons. The zero-order valence-corrected chi connectivity index (χ0v) is 20.9. The van der Waals surface area contributed by atoms with Gasteiger partial charge in [0.2, 0.25) is 0 Å². The van der Waals surface area contributed by atoms with E-state index in [2.05, 4.69) is 21.5 Å². The molecule has 2 aromatic rings. The Morgan fingerprint density at radius 2 is 1.00 bits per heavy atom. The van der Waals surface area contributed by atoms with Crippen LogP contribution in [0.25, 0.3) is 0 Å². The van der Waals surface area contributed by atoms with Crippen molar-refractivity contribution in [2.24, 2.45) is 0 Å². The maximum atomic E-state index is 12.4. The van der Waals surface area contributed by atoms with Crippen molar-refractivity contribution in [3.8, 4) is 0 Å². The molecule has 1 fully saturated rings. The van der Waals surface area contributed by atoms with E-state index in [0.29, 0.717) is 9.98 Å². The van der Waals surface area contributed by atoms with Crippen LogP contribution in [0.4, 0.5) is 9.59 Å². The minimum atomic E-state index is -0.300. The van der Waals surface area contributed by atoms with Crippen molar-refractivity contribution in [1.29, 1.82) is 0 Å². The highest BCUT2D eigenvalue weighted by Crippen LogP contribution is 2.18. The summed E-state index contributed by atoms with van der Waals surface area (Å²) in [6, 6.07) is 18.5. The molecular formula is C24H30N6O2S2. The summed E-state index contributed by atoms with van der Waals surface area (Å²) in [6.45, 7) is 0. The Labute approximate surface area is 211 Å². The van der Waals surface area contributed by atoms with Crippen molar-refractivity contribution in [1.82, 2.24) is 31.5 Å². The minimum Gasteiger partial charge on any atom is -0.334 e. The number of amides is 4. The molecule has 1 saturated carbocycles. The van der Waals surface area contributed by atoms with Gasteiger partial charge in [0.05, 0.1) is 0 Å². The van der Waals surface area contributed by atoms with E-state index < -0.39 is 0 Å². The second-order valence-corrected chi connectivity index (χ2v) is 8.95. The first-order valence-electron chi connectivity index (χ1n) is 11.1. The lowest BCUT2D eigenvalue weighted by atomic mass is 9.91. The van der Waals surface area contributed by atoms with Crippen LogP contribution in [0.3, 0.4) is 0 Å². The molecule has 0 radical (unpaired) electrons. The summed E-state index contributed by atoms with van der Waals surface area (Å²) in [5.74, 6) is 0. The van der Waals surface area contributed by atoms with Crippen LogP contribution in [0, 0.1) is 0 Å². The normalized spacial score (nSPS) is 17.1. The molecule has 0 aromatic heterocycles. The molecular weight excluding hydrogens is 468 g/mol. The molecule has 0 heterocycles. The van der Waals surface area contributed by atoms with Gasteiger partial charge >= 0.3 is 12.1 Å². The van der Waals surface area contributed by atoms with Gasteiger partial charge in [0, 0.05) is 37.3 Å². The summed E-state index contributed by atoms with van der Waals surface area (Å²) in [7, 11) is 3.43. The maximum Gasteiger partial charge on any atom is 0.333 e. The molecule has 0 aliphatic heterocycles. The molecule has 0 spiro atoms. The number of rotatable bonds is 4. The number of thiocarbonyl (C=S) groups is 2. The Bertz CT molecular complexity index is 916. The molecule has 8 nitrogen and oxygen atoms in total. The average molecular weight is 499 g/mol. The second-order valence-electron chi connectivity index (χ2n) is 8.18. The van der Waals surface area contributed by atoms with Crippen molar-refractivity contribution in [3.05, 3.63) is 71.8 Å². The van der Waals surface area contributed by atoms with E-state index in [1.807, 2.05) is 60.7 Å². The Morgan fingerprint density at radius 1 is 0.676 bits per heavy atom. The van der Waals surface area contributed by atoms with Crippen LogP contribution in [0.2, 0.25) is 0 Å². The van der Waals surface area contributed by atoms with Crippen molar-refractivity contribution in [2.75, 3.05) is 14.1 Å². The number of hydrogen-bond donors (Lipinski definition) is 4. The van der Waals surface area contributed by atoms with E-state index in [-0.39, 0.29) is 24.1 Å². The van der Waals surface area contributed by atoms with Gasteiger partial charge in [-0.15, -0.1) is 0 Å². The Balaban J connectivity index is 1.37. The van der Waals surface area contributed by atoms with Crippen molar-refractivity contribution >= 4 is 46.5 Å². The number of hydrogen-bond acceptors (Lipinski definition) is 4. The zero-order valence-electron chi connectivity index (χ0n) is 19.3. The number of benzene rings is 2. The molecule has 34 heavy (non-hydrogen) atoms. The number of nitrogens with one attached hydrogen (secondary N) is 4. The van der Waals surface area contributed by atoms with E-state index in [4.69, 9.17) is 24.4 Å². The molecule has 4 amide bonds. The molecule has 0 atom stereocenters. The largest absolute Gasteiger partial charge is 0.334 e. The highest BCUT2D eigenvalue weighted by molar-refractivity contribution is 7.80. The third kappa shape index (κ3) is 7.39. The standard InChI is InChI=1S/C24H30N6O2S2/c1-29(21(33)17-9-5-3-6-10-17)27-23(31)25-19-13-15-20(16-14-19)26-24(32)28-30(2)22(34)18-11-7-4-8-12-18/h3-12,19-20H,13-16H2,1-2H3,(H2,25,27,31)(H2,26,28,32). The van der Waals surface area contributed by atoms with Gasteiger partial charge in [-0.1, -0.05) is 85.1 Å². The third-order valence-electron chi connectivity index (χ3n) is 5.59. The number of carbonyl (C=O) groups is 2. The molecule has 10 heteroatoms. The van der Waals surface area contributed by atoms with Gasteiger partial charge in [-0.05, 0) is 25.7 Å². The summed E-state index contributed by atoms with van der Waals surface area (Å²) < 4.78 is 0. The molecule has 4 N–H and O–H groups in total. The fourth-order valence-electron chi connectivity index (χ4n) is 3.77. The molecule has 0 bridgehead atoms. The monoisotopic (exact) mass is 498 g/mol. The first-order chi connectivity index (χ1) is 16.3. The minimum absolute atomic E-state index is 0.0353. The van der Waals surface area contributed by atoms with E-state index in [1.54, 1.807) is 14.1 Å². The quantitative estimate of drug-likeness (QED) is 0.382. The highest BCUT2D eigenvalue weighted by Gasteiger charge is 2.24. The fourth-order valence-corrected chi connectivity index (χ4v) is 4.14. The molecule has 1 aliphatic rings. The molecule has 3 rings (SSSR count). The first-order valence-corrected chi connectivity index (χ1v) is 12.0. The first kappa shape index (κ1) is 25.4. The lowest BCUT2D eigenvalue weighted by Gasteiger charge is -2.31. The topological polar surface area (TPSA) is 88.7 Å².